The van der Waals surface area contributed by atoms with Crippen LogP contribution in [-0.4, -0.2) is 11.6 Å². The molecule has 1 heterocycles. The van der Waals surface area contributed by atoms with Gasteiger partial charge in [0.2, 0.25) is 6.41 Å². The van der Waals surface area contributed by atoms with Gasteiger partial charge in [0.25, 0.3) is 0 Å². The molecule has 0 radical (unpaired) electrons. The van der Waals surface area contributed by atoms with E-state index in [9.17, 15) is 4.79 Å². The van der Waals surface area contributed by atoms with Gasteiger partial charge < -0.3 is 9.84 Å². The maximum absolute atomic E-state index is 9.73. The largest absolute Gasteiger partial charge is 0.364 e. The second-order valence-electron chi connectivity index (χ2n) is 1.49. The van der Waals surface area contributed by atoms with E-state index in [2.05, 4.69) is 15.0 Å². The molecule has 0 saturated carbocycles. The summed E-state index contributed by atoms with van der Waals surface area (Å²) in [7, 11) is 0. The van der Waals surface area contributed by atoms with Gasteiger partial charge in [-0.25, -0.2) is 0 Å². The fraction of sp³-hybridized carbons (Fsp3) is 0.200. The first kappa shape index (κ1) is 5.81. The summed E-state index contributed by atoms with van der Waals surface area (Å²) in [6.07, 6.45) is 2.08. The average molecular weight is 126 g/mol. The summed E-state index contributed by atoms with van der Waals surface area (Å²) in [6, 6.07) is 1.69. The molecule has 0 fully saturated rings. The molecule has 0 aromatic carbocycles. The normalized spacial score (nSPS) is 8.89. The summed E-state index contributed by atoms with van der Waals surface area (Å²) in [4.78, 5) is 9.73. The van der Waals surface area contributed by atoms with E-state index in [4.69, 9.17) is 0 Å². The van der Waals surface area contributed by atoms with Crippen LogP contribution in [0.5, 0.6) is 0 Å². The first-order valence-electron chi connectivity index (χ1n) is 2.50. The van der Waals surface area contributed by atoms with E-state index in [0.29, 0.717) is 13.0 Å². The Morgan fingerprint density at radius 3 is 3.33 bits per heavy atom. The topological polar surface area (TPSA) is 55.1 Å². The minimum absolute atomic E-state index is 0.431. The zero-order valence-electron chi connectivity index (χ0n) is 4.70. The van der Waals surface area contributed by atoms with Crippen molar-refractivity contribution in [3.8, 4) is 0 Å². The number of nitrogens with zero attached hydrogens (tertiary/aromatic N) is 1. The molecule has 0 atom stereocenters. The van der Waals surface area contributed by atoms with Crippen molar-refractivity contribution in [1.82, 2.24) is 10.5 Å². The van der Waals surface area contributed by atoms with E-state index in [1.165, 1.54) is 6.26 Å². The molecule has 1 aromatic heterocycles. The van der Waals surface area contributed by atoms with Crippen LogP contribution in [0, 0.1) is 0 Å². The van der Waals surface area contributed by atoms with E-state index < -0.39 is 0 Å². The third-order valence-corrected chi connectivity index (χ3v) is 0.858. The lowest BCUT2D eigenvalue weighted by atomic mass is 10.4. The van der Waals surface area contributed by atoms with Crippen molar-refractivity contribution in [2.24, 2.45) is 0 Å². The van der Waals surface area contributed by atoms with Crippen molar-refractivity contribution < 1.29 is 9.32 Å². The highest BCUT2D eigenvalue weighted by Gasteiger charge is 1.91. The molecule has 48 valence electrons. The number of hydrogen-bond donors (Lipinski definition) is 1. The molecule has 0 aliphatic heterocycles. The lowest BCUT2D eigenvalue weighted by molar-refractivity contribution is -0.109. The summed E-state index contributed by atoms with van der Waals surface area (Å²) in [5.74, 6) is 0. The van der Waals surface area contributed by atoms with Crippen molar-refractivity contribution in [1.29, 1.82) is 0 Å². The number of nitrogens with one attached hydrogen (secondary N) is 1. The quantitative estimate of drug-likeness (QED) is 0.576. The van der Waals surface area contributed by atoms with Crippen LogP contribution in [-0.2, 0) is 11.3 Å². The Hall–Kier alpha value is -1.32. The number of hydrogen-bond acceptors (Lipinski definition) is 3. The second kappa shape index (κ2) is 2.86. The molecule has 0 aliphatic rings. The first-order valence-corrected chi connectivity index (χ1v) is 2.50. The molecule has 1 N–H and O–H groups in total. The van der Waals surface area contributed by atoms with Crippen LogP contribution in [0.1, 0.15) is 5.69 Å². The molecule has 0 unspecified atom stereocenters. The Balaban J connectivity index is 2.38. The van der Waals surface area contributed by atoms with Crippen LogP contribution in [0.4, 0.5) is 0 Å². The van der Waals surface area contributed by atoms with E-state index in [0.717, 1.165) is 5.69 Å². The zero-order valence-corrected chi connectivity index (χ0v) is 4.70. The third kappa shape index (κ3) is 1.56. The lowest BCUT2D eigenvalue weighted by Gasteiger charge is -1.87. The maximum Gasteiger partial charge on any atom is 0.207 e. The number of carbonyl (C=O) groups is 1. The van der Waals surface area contributed by atoms with Crippen LogP contribution >= 0.6 is 0 Å². The van der Waals surface area contributed by atoms with Crippen molar-refractivity contribution in [3.63, 3.8) is 0 Å². The Morgan fingerprint density at radius 2 is 2.78 bits per heavy atom. The number of amides is 1. The van der Waals surface area contributed by atoms with Gasteiger partial charge in [0.1, 0.15) is 12.0 Å². The van der Waals surface area contributed by atoms with Gasteiger partial charge >= 0.3 is 0 Å². The molecular weight excluding hydrogens is 120 g/mol. The molecule has 1 aromatic rings. The van der Waals surface area contributed by atoms with E-state index in [-0.39, 0.29) is 0 Å². The van der Waals surface area contributed by atoms with Gasteiger partial charge in [-0.05, 0) is 0 Å². The van der Waals surface area contributed by atoms with Gasteiger partial charge in [-0.1, -0.05) is 5.16 Å². The molecule has 1 amide bonds. The van der Waals surface area contributed by atoms with Crippen LogP contribution in [0.25, 0.3) is 0 Å². The standard InChI is InChI=1S/C5H6N2O2/c8-4-6-3-5-1-2-9-7-5/h1-2,4H,3H2,(H,6,8). The third-order valence-electron chi connectivity index (χ3n) is 0.858. The predicted octanol–water partition coefficient (Wildman–Crippen LogP) is -0.0794. The molecular formula is C5H6N2O2. The smallest absolute Gasteiger partial charge is 0.207 e. The number of rotatable bonds is 3. The molecule has 4 nitrogen and oxygen atoms in total. The summed E-state index contributed by atoms with van der Waals surface area (Å²) in [5, 5.41) is 6.00. The fourth-order valence-corrected chi connectivity index (χ4v) is 0.475. The highest BCUT2D eigenvalue weighted by Crippen LogP contribution is 1.90. The summed E-state index contributed by atoms with van der Waals surface area (Å²) >= 11 is 0. The van der Waals surface area contributed by atoms with Crippen molar-refractivity contribution in [3.05, 3.63) is 18.0 Å². The molecule has 0 aliphatic carbocycles. The Bertz CT molecular complexity index is 171. The highest BCUT2D eigenvalue weighted by atomic mass is 16.5. The van der Waals surface area contributed by atoms with E-state index in [1.807, 2.05) is 0 Å². The van der Waals surface area contributed by atoms with Crippen LogP contribution in [0.3, 0.4) is 0 Å². The van der Waals surface area contributed by atoms with Crippen LogP contribution < -0.4 is 5.32 Å². The molecule has 0 saturated heterocycles. The zero-order chi connectivity index (χ0) is 6.53. The van der Waals surface area contributed by atoms with Crippen molar-refractivity contribution >= 4 is 6.41 Å². The lowest BCUT2D eigenvalue weighted by Crippen LogP contribution is -2.09. The van der Waals surface area contributed by atoms with Crippen molar-refractivity contribution in [2.75, 3.05) is 0 Å². The van der Waals surface area contributed by atoms with Crippen LogP contribution in [0.15, 0.2) is 16.9 Å². The molecule has 0 bridgehead atoms. The second-order valence-corrected chi connectivity index (χ2v) is 1.49. The number of carbonyl (C=O) groups excluding carboxylic acids is 1. The SMILES string of the molecule is O=CNCc1ccon1. The van der Waals surface area contributed by atoms with Gasteiger partial charge in [-0.15, -0.1) is 0 Å². The molecule has 9 heavy (non-hydrogen) atoms. The summed E-state index contributed by atoms with van der Waals surface area (Å²) in [6.45, 7) is 0.431. The maximum atomic E-state index is 9.73. The summed E-state index contributed by atoms with van der Waals surface area (Å²) in [5.41, 5.74) is 0.724. The minimum Gasteiger partial charge on any atom is -0.364 e. The summed E-state index contributed by atoms with van der Waals surface area (Å²) < 4.78 is 4.51. The molecule has 4 heteroatoms. The Morgan fingerprint density at radius 1 is 1.89 bits per heavy atom. The molecule has 1 rings (SSSR count). The van der Waals surface area contributed by atoms with E-state index >= 15 is 0 Å². The monoisotopic (exact) mass is 126 g/mol. The number of aromatic nitrogens is 1. The molecule has 0 spiro atoms. The van der Waals surface area contributed by atoms with Gasteiger partial charge in [-0.3, -0.25) is 4.79 Å². The average Bonchev–Trinajstić information content (AvgIpc) is 2.34. The highest BCUT2D eigenvalue weighted by molar-refractivity contribution is 5.45. The fourth-order valence-electron chi connectivity index (χ4n) is 0.475. The van der Waals surface area contributed by atoms with Gasteiger partial charge in [0.15, 0.2) is 0 Å². The van der Waals surface area contributed by atoms with Crippen LogP contribution in [0.2, 0.25) is 0 Å². The van der Waals surface area contributed by atoms with Gasteiger partial charge in [0, 0.05) is 6.07 Å². The minimum atomic E-state index is 0.431. The van der Waals surface area contributed by atoms with E-state index in [1.54, 1.807) is 6.07 Å². The van der Waals surface area contributed by atoms with Gasteiger partial charge in [0.05, 0.1) is 6.54 Å². The van der Waals surface area contributed by atoms with Crippen molar-refractivity contribution in [2.45, 2.75) is 6.54 Å². The predicted molar refractivity (Wildman–Crippen MR) is 29.4 cm³/mol. The van der Waals surface area contributed by atoms with Gasteiger partial charge in [-0.2, -0.15) is 0 Å². The first-order chi connectivity index (χ1) is 4.43. The Labute approximate surface area is 51.8 Å². The Kier molecular flexibility index (Phi) is 1.85.